The van der Waals surface area contributed by atoms with Gasteiger partial charge in [0.1, 0.15) is 12.2 Å². The average Bonchev–Trinajstić information content (AvgIpc) is 3.22. The van der Waals surface area contributed by atoms with Gasteiger partial charge >= 0.3 is 0 Å². The van der Waals surface area contributed by atoms with Crippen LogP contribution in [0.4, 0.5) is 10.1 Å². The number of aliphatic hydroxyl groups excluding tert-OH is 1. The molecule has 34 heavy (non-hydrogen) atoms. The number of hydrogen-bond donors (Lipinski definition) is 4. The molecule has 0 fully saturated rings. The fourth-order valence-electron chi connectivity index (χ4n) is 3.01. The van der Waals surface area contributed by atoms with Gasteiger partial charge in [-0.25, -0.2) is 14.4 Å². The molecule has 0 radical (unpaired) electrons. The molecule has 0 saturated carbocycles. The maximum absolute atomic E-state index is 14.1. The molecule has 1 amide bonds. The topological polar surface area (TPSA) is 149 Å². The maximum atomic E-state index is 14.1. The Labute approximate surface area is 196 Å². The molecule has 2 unspecified atom stereocenters. The van der Waals surface area contributed by atoms with E-state index in [1.165, 1.54) is 30.9 Å². The summed E-state index contributed by atoms with van der Waals surface area (Å²) in [5.41, 5.74) is -0.231. The molecule has 0 saturated heterocycles. The van der Waals surface area contributed by atoms with Gasteiger partial charge in [0.25, 0.3) is 5.91 Å². The second kappa shape index (κ2) is 10.1. The monoisotopic (exact) mass is 469 g/mol. The number of anilines is 1. The number of pyridine rings is 2. The molecule has 3 heterocycles. The van der Waals surface area contributed by atoms with Crippen molar-refractivity contribution in [2.45, 2.75) is 45.6 Å². The molecule has 0 aliphatic rings. The van der Waals surface area contributed by atoms with Gasteiger partial charge in [0.05, 0.1) is 41.3 Å². The molecule has 0 bridgehead atoms. The second-order valence-electron chi connectivity index (χ2n) is 8.92. The van der Waals surface area contributed by atoms with Gasteiger partial charge in [0, 0.05) is 30.4 Å². The van der Waals surface area contributed by atoms with Crippen LogP contribution in [0.2, 0.25) is 0 Å². The molecule has 0 aliphatic heterocycles. The third kappa shape index (κ3) is 5.65. The Balaban J connectivity index is 1.94. The number of aromatic nitrogens is 4. The Morgan fingerprint density at radius 3 is 2.62 bits per heavy atom. The highest BCUT2D eigenvalue weighted by Crippen LogP contribution is 2.22. The van der Waals surface area contributed by atoms with E-state index in [0.29, 0.717) is 28.1 Å². The van der Waals surface area contributed by atoms with Crippen molar-refractivity contribution in [3.8, 4) is 11.9 Å². The summed E-state index contributed by atoms with van der Waals surface area (Å²) >= 11 is 0. The van der Waals surface area contributed by atoms with Crippen molar-refractivity contribution in [2.24, 2.45) is 5.92 Å². The van der Waals surface area contributed by atoms with Crippen molar-refractivity contribution < 1.29 is 19.4 Å². The number of carbonyl (C=O) groups excluding carboxylic acids is 1. The Kier molecular flexibility index (Phi) is 7.44. The maximum Gasteiger partial charge on any atom is 0.255 e. The molecule has 3 rings (SSSR count). The van der Waals surface area contributed by atoms with Crippen LogP contribution in [0.15, 0.2) is 30.7 Å². The van der Waals surface area contributed by atoms with Crippen molar-refractivity contribution in [1.29, 1.82) is 5.26 Å². The van der Waals surface area contributed by atoms with Crippen LogP contribution in [-0.2, 0) is 0 Å². The molecule has 10 nitrogen and oxygen atoms in total. The molecule has 0 spiro atoms. The molecule has 2 atom stereocenters. The summed E-state index contributed by atoms with van der Waals surface area (Å²) < 4.78 is 15.6. The summed E-state index contributed by atoms with van der Waals surface area (Å²) in [7, 11) is 0. The Hall–Kier alpha value is -3.62. The van der Waals surface area contributed by atoms with Crippen LogP contribution in [0, 0.1) is 17.2 Å². The number of halogens is 1. The van der Waals surface area contributed by atoms with Crippen molar-refractivity contribution in [1.82, 2.24) is 25.1 Å². The quantitative estimate of drug-likeness (QED) is 0.372. The Morgan fingerprint density at radius 1 is 1.24 bits per heavy atom. The summed E-state index contributed by atoms with van der Waals surface area (Å²) in [5.74, 6) is -0.251. The summed E-state index contributed by atoms with van der Waals surface area (Å²) in [4.78, 5) is 21.4. The van der Waals surface area contributed by atoms with E-state index in [4.69, 9.17) is 5.26 Å². The lowest BCUT2D eigenvalue weighted by Gasteiger charge is -2.23. The average molecular weight is 470 g/mol. The first-order valence-corrected chi connectivity index (χ1v) is 10.8. The molecule has 3 aromatic rings. The molecular weight excluding hydrogens is 441 g/mol. The number of amides is 1. The predicted molar refractivity (Wildman–Crippen MR) is 124 cm³/mol. The van der Waals surface area contributed by atoms with Gasteiger partial charge in [0.15, 0.2) is 11.5 Å². The molecular formula is C23H28FN7O3. The fourth-order valence-corrected chi connectivity index (χ4v) is 3.01. The van der Waals surface area contributed by atoms with Crippen LogP contribution in [0.3, 0.4) is 0 Å². The van der Waals surface area contributed by atoms with Gasteiger partial charge in [-0.1, -0.05) is 13.8 Å². The normalized spacial score (nSPS) is 13.5. The lowest BCUT2D eigenvalue weighted by Crippen LogP contribution is -2.42. The van der Waals surface area contributed by atoms with Crippen molar-refractivity contribution >= 4 is 22.6 Å². The number of aliphatic hydroxyl groups is 2. The molecule has 180 valence electrons. The van der Waals surface area contributed by atoms with Crippen LogP contribution in [0.5, 0.6) is 0 Å². The molecule has 3 aromatic heterocycles. The van der Waals surface area contributed by atoms with E-state index in [2.05, 4.69) is 25.7 Å². The smallest absolute Gasteiger partial charge is 0.255 e. The summed E-state index contributed by atoms with van der Waals surface area (Å²) in [5, 5.41) is 39.5. The van der Waals surface area contributed by atoms with E-state index in [0.717, 1.165) is 0 Å². The minimum atomic E-state index is -1.66. The van der Waals surface area contributed by atoms with Crippen LogP contribution in [0.25, 0.3) is 16.9 Å². The Morgan fingerprint density at radius 2 is 1.97 bits per heavy atom. The zero-order valence-electron chi connectivity index (χ0n) is 19.4. The van der Waals surface area contributed by atoms with Crippen LogP contribution >= 0.6 is 0 Å². The van der Waals surface area contributed by atoms with Gasteiger partial charge in [0.2, 0.25) is 0 Å². The highest BCUT2D eigenvalue weighted by Gasteiger charge is 2.27. The van der Waals surface area contributed by atoms with Gasteiger partial charge in [-0.3, -0.25) is 4.79 Å². The summed E-state index contributed by atoms with van der Waals surface area (Å²) in [6, 6.07) is 5.26. The first-order valence-electron chi connectivity index (χ1n) is 10.8. The van der Waals surface area contributed by atoms with Crippen LogP contribution in [0.1, 0.15) is 43.6 Å². The minimum Gasteiger partial charge on any atom is -0.391 e. The third-order valence-corrected chi connectivity index (χ3v) is 5.37. The van der Waals surface area contributed by atoms with Gasteiger partial charge in [-0.05, 0) is 25.8 Å². The predicted octanol–water partition coefficient (Wildman–Crippen LogP) is 1.95. The summed E-state index contributed by atoms with van der Waals surface area (Å²) in [6.45, 7) is 6.17. The molecule has 11 heteroatoms. The number of nitrogens with zero attached hydrogens (tertiary/aromatic N) is 5. The van der Waals surface area contributed by atoms with E-state index >= 15 is 0 Å². The standard InChI is InChI=1S/C23H28FN7O3/c1-13(2)18(32)11-26-17-6-20(31-21-15(9-30-31)5-14(7-25)8-28-21)27-10-16(17)22(33)29-12-19(24)23(3,4)34/h5-6,8-10,13,18-19,32,34H,11-12H2,1-4H3,(H,26,27)(H,29,33). The van der Waals surface area contributed by atoms with Crippen molar-refractivity contribution in [3.05, 3.63) is 41.9 Å². The zero-order valence-corrected chi connectivity index (χ0v) is 19.4. The van der Waals surface area contributed by atoms with E-state index in [9.17, 15) is 19.4 Å². The largest absolute Gasteiger partial charge is 0.391 e. The minimum absolute atomic E-state index is 0.0150. The van der Waals surface area contributed by atoms with Crippen molar-refractivity contribution in [2.75, 3.05) is 18.4 Å². The second-order valence-corrected chi connectivity index (χ2v) is 8.92. The first kappa shape index (κ1) is 25.0. The highest BCUT2D eigenvalue weighted by molar-refractivity contribution is 5.99. The SMILES string of the molecule is CC(C)C(O)CNc1cc(-n2ncc3cc(C#N)cnc32)ncc1C(=O)NCC(F)C(C)(C)O. The number of carbonyl (C=O) groups is 1. The zero-order chi connectivity index (χ0) is 25.0. The number of alkyl halides is 1. The third-order valence-electron chi connectivity index (χ3n) is 5.37. The van der Waals surface area contributed by atoms with Gasteiger partial charge in [-0.2, -0.15) is 15.0 Å². The molecule has 0 aliphatic carbocycles. The number of hydrogen-bond acceptors (Lipinski definition) is 8. The van der Waals surface area contributed by atoms with E-state index in [-0.39, 0.29) is 24.6 Å². The number of fused-ring (bicyclic) bond motifs is 1. The van der Waals surface area contributed by atoms with Crippen LogP contribution in [-0.4, -0.2) is 66.8 Å². The van der Waals surface area contributed by atoms with Gasteiger partial charge < -0.3 is 20.8 Å². The number of rotatable bonds is 9. The fraction of sp³-hybridized carbons (Fsp3) is 0.435. The molecule has 0 aromatic carbocycles. The van der Waals surface area contributed by atoms with Crippen molar-refractivity contribution in [3.63, 3.8) is 0 Å². The highest BCUT2D eigenvalue weighted by atomic mass is 19.1. The van der Waals surface area contributed by atoms with E-state index < -0.39 is 23.8 Å². The lowest BCUT2D eigenvalue weighted by atomic mass is 10.0. The number of nitriles is 1. The molecule has 4 N–H and O–H groups in total. The van der Waals surface area contributed by atoms with Crippen LogP contribution < -0.4 is 10.6 Å². The van der Waals surface area contributed by atoms with E-state index in [1.807, 2.05) is 19.9 Å². The van der Waals surface area contributed by atoms with E-state index in [1.54, 1.807) is 18.3 Å². The lowest BCUT2D eigenvalue weighted by molar-refractivity contribution is -0.00177. The number of nitrogens with one attached hydrogen (secondary N) is 2. The first-order chi connectivity index (χ1) is 16.0. The Bertz CT molecular complexity index is 1210. The summed E-state index contributed by atoms with van der Waals surface area (Å²) in [6.07, 6.45) is 1.97. The van der Waals surface area contributed by atoms with Gasteiger partial charge in [-0.15, -0.1) is 0 Å².